The Morgan fingerprint density at radius 1 is 1.44 bits per heavy atom. The molecule has 0 saturated heterocycles. The van der Waals surface area contributed by atoms with Crippen molar-refractivity contribution in [2.75, 3.05) is 11.9 Å². The van der Waals surface area contributed by atoms with Crippen LogP contribution < -0.4 is 11.1 Å². The van der Waals surface area contributed by atoms with Gasteiger partial charge in [0.2, 0.25) is 0 Å². The summed E-state index contributed by atoms with van der Waals surface area (Å²) in [5.41, 5.74) is 4.60. The van der Waals surface area contributed by atoms with Gasteiger partial charge in [-0.15, -0.1) is 0 Å². The maximum absolute atomic E-state index is 11.2. The van der Waals surface area contributed by atoms with Crippen molar-refractivity contribution in [3.8, 4) is 0 Å². The fourth-order valence-electron chi connectivity index (χ4n) is 2.00. The van der Waals surface area contributed by atoms with Gasteiger partial charge in [0.05, 0.1) is 5.41 Å². The molecule has 1 amide bonds. The maximum Gasteiger partial charge on any atom is 0.311 e. The summed E-state index contributed by atoms with van der Waals surface area (Å²) in [5, 5.41) is 12.1. The van der Waals surface area contributed by atoms with E-state index in [1.807, 2.05) is 0 Å². The van der Waals surface area contributed by atoms with E-state index in [9.17, 15) is 14.7 Å². The molecule has 18 heavy (non-hydrogen) atoms. The Labute approximate surface area is 104 Å². The van der Waals surface area contributed by atoms with E-state index in [0.29, 0.717) is 25.2 Å². The van der Waals surface area contributed by atoms with Gasteiger partial charge in [-0.2, -0.15) is 0 Å². The van der Waals surface area contributed by atoms with Gasteiger partial charge in [-0.25, -0.2) is 4.98 Å². The molecule has 6 heteroatoms. The summed E-state index contributed by atoms with van der Waals surface area (Å²) >= 11 is 0. The summed E-state index contributed by atoms with van der Waals surface area (Å²) in [6, 6.07) is 4.86. The lowest BCUT2D eigenvalue weighted by Crippen LogP contribution is -2.43. The Morgan fingerprint density at radius 2 is 2.17 bits per heavy atom. The van der Waals surface area contributed by atoms with Crippen LogP contribution in [0.15, 0.2) is 18.2 Å². The minimum Gasteiger partial charge on any atom is -0.481 e. The Bertz CT molecular complexity index is 483. The number of nitrogens with zero attached hydrogens (tertiary/aromatic N) is 1. The van der Waals surface area contributed by atoms with Crippen LogP contribution in [0, 0.1) is 5.41 Å². The largest absolute Gasteiger partial charge is 0.481 e. The van der Waals surface area contributed by atoms with Crippen molar-refractivity contribution < 1.29 is 14.7 Å². The zero-order chi connectivity index (χ0) is 13.2. The van der Waals surface area contributed by atoms with E-state index >= 15 is 0 Å². The van der Waals surface area contributed by atoms with E-state index in [4.69, 9.17) is 5.73 Å². The molecule has 0 radical (unpaired) electrons. The van der Waals surface area contributed by atoms with Crippen LogP contribution in [0.3, 0.4) is 0 Å². The number of rotatable bonds is 5. The molecule has 96 valence electrons. The average molecular weight is 249 g/mol. The predicted molar refractivity (Wildman–Crippen MR) is 65.2 cm³/mol. The molecule has 0 aliphatic heterocycles. The molecule has 0 unspecified atom stereocenters. The molecule has 6 nitrogen and oxygen atoms in total. The van der Waals surface area contributed by atoms with E-state index in [0.717, 1.165) is 6.42 Å². The number of hydrogen-bond donors (Lipinski definition) is 3. The lowest BCUT2D eigenvalue weighted by atomic mass is 9.69. The van der Waals surface area contributed by atoms with Crippen LogP contribution in [0.2, 0.25) is 0 Å². The minimum atomic E-state index is -0.785. The number of carboxylic acids is 1. The van der Waals surface area contributed by atoms with Crippen molar-refractivity contribution in [3.63, 3.8) is 0 Å². The number of amides is 1. The number of aliphatic carboxylic acids is 1. The van der Waals surface area contributed by atoms with E-state index in [-0.39, 0.29) is 5.69 Å². The first kappa shape index (κ1) is 12.3. The molecule has 1 saturated carbocycles. The highest BCUT2D eigenvalue weighted by Gasteiger charge is 2.44. The number of anilines is 1. The van der Waals surface area contributed by atoms with Crippen molar-refractivity contribution in [3.05, 3.63) is 23.9 Å². The zero-order valence-electron chi connectivity index (χ0n) is 9.85. The number of hydrogen-bond acceptors (Lipinski definition) is 4. The molecule has 1 heterocycles. The third-order valence-electron chi connectivity index (χ3n) is 3.37. The first-order valence-corrected chi connectivity index (χ1v) is 5.78. The summed E-state index contributed by atoms with van der Waals surface area (Å²) in [4.78, 5) is 26.1. The SMILES string of the molecule is NC(=O)c1cccc(NCC2(C(=O)O)CCC2)n1. The van der Waals surface area contributed by atoms with Crippen molar-refractivity contribution in [1.29, 1.82) is 0 Å². The highest BCUT2D eigenvalue weighted by Crippen LogP contribution is 2.41. The molecule has 1 aromatic rings. The summed E-state index contributed by atoms with van der Waals surface area (Å²) < 4.78 is 0. The van der Waals surface area contributed by atoms with Crippen LogP contribution >= 0.6 is 0 Å². The number of carbonyl (C=O) groups is 2. The van der Waals surface area contributed by atoms with E-state index < -0.39 is 17.3 Å². The number of pyridine rings is 1. The minimum absolute atomic E-state index is 0.165. The van der Waals surface area contributed by atoms with E-state index in [1.165, 1.54) is 6.07 Å². The fraction of sp³-hybridized carbons (Fsp3) is 0.417. The second-order valence-corrected chi connectivity index (χ2v) is 4.56. The molecular formula is C12H15N3O3. The third-order valence-corrected chi connectivity index (χ3v) is 3.37. The van der Waals surface area contributed by atoms with Crippen LogP contribution in [0.25, 0.3) is 0 Å². The monoisotopic (exact) mass is 249 g/mol. The molecule has 1 aliphatic rings. The van der Waals surface area contributed by atoms with E-state index in [2.05, 4.69) is 10.3 Å². The molecule has 1 aliphatic carbocycles. The summed E-state index contributed by atoms with van der Waals surface area (Å²) in [6.45, 7) is 0.317. The summed E-state index contributed by atoms with van der Waals surface area (Å²) in [6.07, 6.45) is 2.28. The molecule has 0 atom stereocenters. The Hall–Kier alpha value is -2.11. The molecule has 2 rings (SSSR count). The second-order valence-electron chi connectivity index (χ2n) is 4.56. The normalized spacial score (nSPS) is 16.7. The topological polar surface area (TPSA) is 105 Å². The van der Waals surface area contributed by atoms with Crippen LogP contribution in [0.1, 0.15) is 29.8 Å². The molecular weight excluding hydrogens is 234 g/mol. The first-order chi connectivity index (χ1) is 8.53. The van der Waals surface area contributed by atoms with Gasteiger partial charge in [-0.05, 0) is 25.0 Å². The number of nitrogens with one attached hydrogen (secondary N) is 1. The molecule has 0 bridgehead atoms. The highest BCUT2D eigenvalue weighted by atomic mass is 16.4. The zero-order valence-corrected chi connectivity index (χ0v) is 9.85. The Kier molecular flexibility index (Phi) is 3.18. The van der Waals surface area contributed by atoms with Crippen LogP contribution in [0.5, 0.6) is 0 Å². The van der Waals surface area contributed by atoms with Gasteiger partial charge in [0.25, 0.3) is 5.91 Å². The lowest BCUT2D eigenvalue weighted by molar-refractivity contribution is -0.153. The summed E-state index contributed by atoms with van der Waals surface area (Å²) in [5.74, 6) is -0.915. The maximum atomic E-state index is 11.2. The van der Waals surface area contributed by atoms with Gasteiger partial charge in [0.15, 0.2) is 0 Å². The highest BCUT2D eigenvalue weighted by molar-refractivity contribution is 5.91. The van der Waals surface area contributed by atoms with Crippen molar-refractivity contribution in [1.82, 2.24) is 4.98 Å². The molecule has 1 fully saturated rings. The Balaban J connectivity index is 2.04. The van der Waals surface area contributed by atoms with Crippen molar-refractivity contribution >= 4 is 17.7 Å². The molecule has 0 spiro atoms. The number of primary amides is 1. The smallest absolute Gasteiger partial charge is 0.311 e. The van der Waals surface area contributed by atoms with E-state index in [1.54, 1.807) is 12.1 Å². The molecule has 0 aromatic carbocycles. The van der Waals surface area contributed by atoms with Crippen LogP contribution in [-0.4, -0.2) is 28.5 Å². The van der Waals surface area contributed by atoms with Crippen molar-refractivity contribution in [2.45, 2.75) is 19.3 Å². The Morgan fingerprint density at radius 3 is 2.67 bits per heavy atom. The predicted octanol–water partition coefficient (Wildman–Crippen LogP) is 0.847. The quantitative estimate of drug-likeness (QED) is 0.717. The van der Waals surface area contributed by atoms with Gasteiger partial charge >= 0.3 is 5.97 Å². The van der Waals surface area contributed by atoms with Gasteiger partial charge in [-0.3, -0.25) is 9.59 Å². The average Bonchev–Trinajstić information content (AvgIpc) is 2.27. The van der Waals surface area contributed by atoms with Crippen molar-refractivity contribution in [2.24, 2.45) is 11.1 Å². The van der Waals surface area contributed by atoms with Crippen LogP contribution in [-0.2, 0) is 4.79 Å². The van der Waals surface area contributed by atoms with Gasteiger partial charge < -0.3 is 16.2 Å². The molecule has 1 aromatic heterocycles. The summed E-state index contributed by atoms with van der Waals surface area (Å²) in [7, 11) is 0. The first-order valence-electron chi connectivity index (χ1n) is 5.78. The number of carbonyl (C=O) groups excluding carboxylic acids is 1. The number of carboxylic acid groups (broad SMARTS) is 1. The second kappa shape index (κ2) is 4.64. The standard InChI is InChI=1S/C12H15N3O3/c13-10(16)8-3-1-4-9(15-8)14-7-12(11(17)18)5-2-6-12/h1,3-4H,2,5-7H2,(H2,13,16)(H,14,15)(H,17,18). The lowest BCUT2D eigenvalue weighted by Gasteiger charge is -2.37. The van der Waals surface area contributed by atoms with Gasteiger partial charge in [-0.1, -0.05) is 12.5 Å². The van der Waals surface area contributed by atoms with Crippen LogP contribution in [0.4, 0.5) is 5.82 Å². The van der Waals surface area contributed by atoms with Gasteiger partial charge in [0, 0.05) is 6.54 Å². The number of aromatic nitrogens is 1. The van der Waals surface area contributed by atoms with Gasteiger partial charge in [0.1, 0.15) is 11.5 Å². The number of nitrogens with two attached hydrogens (primary N) is 1. The fourth-order valence-corrected chi connectivity index (χ4v) is 2.00. The third kappa shape index (κ3) is 2.27. The molecule has 4 N–H and O–H groups in total.